The predicted octanol–water partition coefficient (Wildman–Crippen LogP) is -0.620. The van der Waals surface area contributed by atoms with Crippen molar-refractivity contribution < 1.29 is 125 Å². The van der Waals surface area contributed by atoms with E-state index in [2.05, 4.69) is 19.9 Å². The molecule has 5 heterocycles. The van der Waals surface area contributed by atoms with Gasteiger partial charge in [0.25, 0.3) is 0 Å². The highest BCUT2D eigenvalue weighted by Gasteiger charge is 2.64. The number of fused-ring (bicyclic) bond motifs is 5. The fraction of sp³-hybridized carbons (Fsp3) is 0.946. The maximum atomic E-state index is 13.2. The average Bonchev–Trinajstić information content (AvgIpc) is 1.83. The number of carbonyl (C=O) groups is 1. The molecule has 32 unspecified atom stereocenters. The Morgan fingerprint density at radius 3 is 1.88 bits per heavy atom. The monoisotopic (exact) mass is 1210 g/mol. The molecule has 5 saturated heterocycles. The molecule has 0 spiro atoms. The van der Waals surface area contributed by atoms with Crippen LogP contribution in [0.4, 0.5) is 0 Å². The summed E-state index contributed by atoms with van der Waals surface area (Å²) in [7, 11) is -4.86. The molecule has 9 aliphatic rings. The summed E-state index contributed by atoms with van der Waals surface area (Å²) >= 11 is 0. The number of allylic oxidation sites excluding steroid dienone is 2. The van der Waals surface area contributed by atoms with Crippen LogP contribution in [0.3, 0.4) is 0 Å². The number of aliphatic hydroxyl groups excluding tert-OH is 10. The van der Waals surface area contributed by atoms with Gasteiger partial charge in [-0.25, -0.2) is 4.18 Å². The molecule has 9 rings (SSSR count). The number of hydrogen-bond donors (Lipinski definition) is 12. The lowest BCUT2D eigenvalue weighted by molar-refractivity contribution is -0.396. The number of Topliss-reactive ketones (excluding diaryl/α,β-unsaturated/α-hetero) is 1. The van der Waals surface area contributed by atoms with Crippen molar-refractivity contribution in [3.63, 3.8) is 0 Å². The van der Waals surface area contributed by atoms with Crippen LogP contribution in [0.5, 0.6) is 0 Å². The van der Waals surface area contributed by atoms with Crippen LogP contribution in [0.2, 0.25) is 0 Å². The highest BCUT2D eigenvalue weighted by atomic mass is 32.3. The van der Waals surface area contributed by atoms with E-state index in [-0.39, 0.29) is 55.1 Å². The number of rotatable bonds is 17. The molecular weight excluding hydrogens is 1120 g/mol. The standard InChI is InChI=1S/C56H92O26S/c1-22(2)16-27(57)20-56(9,68)37-11-10-30-29-18-35(32-17-28(82-83(69,70)71)12-14-54(32,7)31(29)13-15-55(30,37)8)77-51-45(67)46(40(62)26(6)75-51)79-52-47(81-50-44(66)42(64)38(60)24(4)74-50)41(63)36(21-72-52)78-53-48(43(65)39(61)25(5)76-53)80-49-34(59)19-33(58)23(3)73-49/h13,22-26,28-30,32-53,58-68H,10-12,14-21H2,1-9H3,(H,69,70,71). The number of ether oxygens (including phenoxy) is 10. The van der Waals surface area contributed by atoms with Gasteiger partial charge in [-0.1, -0.05) is 39.3 Å². The Balaban J connectivity index is 0.977. The Labute approximate surface area is 484 Å². The first-order valence-corrected chi connectivity index (χ1v) is 31.0. The molecular formula is C56H92O26S. The number of hydrogen-bond acceptors (Lipinski definition) is 25. The van der Waals surface area contributed by atoms with E-state index < -0.39 is 193 Å². The van der Waals surface area contributed by atoms with Gasteiger partial charge < -0.3 is 104 Å². The third-order valence-corrected chi connectivity index (χ3v) is 20.7. The quantitative estimate of drug-likeness (QED) is 0.0638. The highest BCUT2D eigenvalue weighted by Crippen LogP contribution is 2.67. The van der Waals surface area contributed by atoms with E-state index in [1.54, 1.807) is 13.8 Å². The van der Waals surface area contributed by atoms with Crippen molar-refractivity contribution in [1.82, 2.24) is 0 Å². The zero-order valence-corrected chi connectivity index (χ0v) is 49.5. The molecule has 32 atom stereocenters. The third-order valence-electron chi connectivity index (χ3n) is 20.1. The second kappa shape index (κ2) is 25.4. The van der Waals surface area contributed by atoms with Crippen LogP contribution in [0.25, 0.3) is 0 Å². The summed E-state index contributed by atoms with van der Waals surface area (Å²) in [5, 5.41) is 124. The van der Waals surface area contributed by atoms with Crippen LogP contribution in [-0.2, 0) is 66.7 Å². The molecule has 12 N–H and O–H groups in total. The molecule has 0 aromatic carbocycles. The van der Waals surface area contributed by atoms with Gasteiger partial charge in [-0.15, -0.1) is 0 Å². The summed E-state index contributed by atoms with van der Waals surface area (Å²) < 4.78 is 101. The van der Waals surface area contributed by atoms with Gasteiger partial charge in [-0.3, -0.25) is 9.35 Å². The molecule has 478 valence electrons. The van der Waals surface area contributed by atoms with Crippen molar-refractivity contribution >= 4 is 16.2 Å². The van der Waals surface area contributed by atoms with Crippen molar-refractivity contribution in [2.24, 2.45) is 40.4 Å². The first-order valence-electron chi connectivity index (χ1n) is 29.6. The van der Waals surface area contributed by atoms with Crippen LogP contribution in [0, 0.1) is 40.4 Å². The van der Waals surface area contributed by atoms with Gasteiger partial charge >= 0.3 is 10.4 Å². The predicted molar refractivity (Wildman–Crippen MR) is 283 cm³/mol. The summed E-state index contributed by atoms with van der Waals surface area (Å²) in [6, 6.07) is 0. The third kappa shape index (κ3) is 13.4. The fourth-order valence-electron chi connectivity index (χ4n) is 15.7. The molecule has 0 aromatic heterocycles. The Bertz CT molecular complexity index is 2370. The molecule has 5 aliphatic heterocycles. The molecule has 83 heavy (non-hydrogen) atoms. The van der Waals surface area contributed by atoms with E-state index in [1.165, 1.54) is 26.3 Å². The fourth-order valence-corrected chi connectivity index (χ4v) is 16.2. The normalized spacial score (nSPS) is 51.3. The Morgan fingerprint density at radius 2 is 1.22 bits per heavy atom. The van der Waals surface area contributed by atoms with Crippen molar-refractivity contribution in [2.75, 3.05) is 6.61 Å². The minimum atomic E-state index is -4.86. The van der Waals surface area contributed by atoms with Gasteiger partial charge in [0, 0.05) is 19.3 Å². The van der Waals surface area contributed by atoms with E-state index >= 15 is 0 Å². The molecule has 0 amide bonds. The van der Waals surface area contributed by atoms with Gasteiger partial charge in [-0.2, -0.15) is 8.42 Å². The molecule has 26 nitrogen and oxygen atoms in total. The number of carbonyl (C=O) groups excluding carboxylic acids is 1. The van der Waals surface area contributed by atoms with Crippen LogP contribution < -0.4 is 0 Å². The summed E-state index contributed by atoms with van der Waals surface area (Å²) in [6.07, 6.45) is -31.2. The lowest BCUT2D eigenvalue weighted by Gasteiger charge is -2.60. The van der Waals surface area contributed by atoms with E-state index in [1.807, 2.05) is 13.8 Å². The highest BCUT2D eigenvalue weighted by molar-refractivity contribution is 7.80. The first kappa shape index (κ1) is 65.9. The van der Waals surface area contributed by atoms with Crippen LogP contribution in [0.15, 0.2) is 11.6 Å². The van der Waals surface area contributed by atoms with Crippen molar-refractivity contribution in [3.05, 3.63) is 11.6 Å². The summed E-state index contributed by atoms with van der Waals surface area (Å²) in [5.74, 6) is -0.684. The van der Waals surface area contributed by atoms with Crippen LogP contribution >= 0.6 is 0 Å². The lowest BCUT2D eigenvalue weighted by Crippen LogP contribution is -2.66. The largest absolute Gasteiger partial charge is 0.397 e. The topological polar surface area (TPSA) is 396 Å². The maximum absolute atomic E-state index is 13.2. The SMILES string of the molecule is CC(C)CC(=O)CC(C)(O)C1CCC2C3CC(OC4OC(C)C(O)C(OC5OCC(OC6OC(C)C(O)C(O)C6OC6OC(C)C(O)CC6O)C(O)C5OC5OC(C)C(O)C(O)C5O)C4O)C4CC(OS(=O)(=O)O)CCC4(C)C3=CCC21C. The Hall–Kier alpha value is -1.56. The zero-order chi connectivity index (χ0) is 60.7. The van der Waals surface area contributed by atoms with E-state index in [9.17, 15) is 73.9 Å². The van der Waals surface area contributed by atoms with Crippen molar-refractivity contribution in [3.8, 4) is 0 Å². The second-order valence-electron chi connectivity index (χ2n) is 26.5. The van der Waals surface area contributed by atoms with Crippen LogP contribution in [0.1, 0.15) is 127 Å². The maximum Gasteiger partial charge on any atom is 0.397 e. The minimum absolute atomic E-state index is 0.00353. The van der Waals surface area contributed by atoms with Gasteiger partial charge in [0.2, 0.25) is 0 Å². The summed E-state index contributed by atoms with van der Waals surface area (Å²) in [5.41, 5.74) is -1.18. The van der Waals surface area contributed by atoms with E-state index in [0.29, 0.717) is 32.1 Å². The van der Waals surface area contributed by atoms with Gasteiger partial charge in [-0.05, 0) is 120 Å². The lowest BCUT2D eigenvalue weighted by atomic mass is 9.47. The molecule has 8 fully saturated rings. The van der Waals surface area contributed by atoms with Crippen molar-refractivity contribution in [2.45, 2.75) is 286 Å². The Kier molecular flexibility index (Phi) is 20.1. The van der Waals surface area contributed by atoms with Gasteiger partial charge in [0.05, 0.1) is 54.9 Å². The number of aliphatic hydroxyl groups is 11. The molecule has 3 saturated carbocycles. The minimum Gasteiger partial charge on any atom is -0.390 e. The molecule has 0 radical (unpaired) electrons. The number of ketones is 1. The van der Waals surface area contributed by atoms with Crippen LogP contribution in [-0.4, -0.2) is 241 Å². The van der Waals surface area contributed by atoms with Gasteiger partial charge in [0.1, 0.15) is 85.1 Å². The van der Waals surface area contributed by atoms with E-state index in [0.717, 1.165) is 6.42 Å². The summed E-state index contributed by atoms with van der Waals surface area (Å²) in [4.78, 5) is 13.2. The Morgan fingerprint density at radius 1 is 0.639 bits per heavy atom. The zero-order valence-electron chi connectivity index (χ0n) is 48.7. The van der Waals surface area contributed by atoms with E-state index in [4.69, 9.17) is 51.6 Å². The molecule has 0 bridgehead atoms. The van der Waals surface area contributed by atoms with Crippen molar-refractivity contribution in [1.29, 1.82) is 0 Å². The molecule has 0 aromatic rings. The molecule has 4 aliphatic carbocycles. The first-order chi connectivity index (χ1) is 38.7. The summed E-state index contributed by atoms with van der Waals surface area (Å²) in [6.45, 7) is 15.3. The van der Waals surface area contributed by atoms with Gasteiger partial charge in [0.15, 0.2) is 31.5 Å². The smallest absolute Gasteiger partial charge is 0.390 e. The molecule has 27 heteroatoms. The second-order valence-corrected chi connectivity index (χ2v) is 27.6. The average molecular weight is 1210 g/mol.